The summed E-state index contributed by atoms with van der Waals surface area (Å²) >= 11 is 6.04. The van der Waals surface area contributed by atoms with Gasteiger partial charge in [-0.05, 0) is 18.6 Å². The summed E-state index contributed by atoms with van der Waals surface area (Å²) in [4.78, 5) is 22.5. The van der Waals surface area contributed by atoms with Crippen molar-refractivity contribution in [3.05, 3.63) is 34.3 Å². The van der Waals surface area contributed by atoms with Crippen molar-refractivity contribution >= 4 is 23.5 Å². The van der Waals surface area contributed by atoms with Gasteiger partial charge in [0.05, 0.1) is 23.1 Å². The molecule has 1 atom stereocenters. The van der Waals surface area contributed by atoms with E-state index in [-0.39, 0.29) is 18.9 Å². The highest BCUT2D eigenvalue weighted by atomic mass is 35.5. The minimum absolute atomic E-state index is 0.117. The van der Waals surface area contributed by atoms with E-state index in [1.165, 1.54) is 7.11 Å². The predicted molar refractivity (Wildman–Crippen MR) is 71.6 cm³/mol. The Hall–Kier alpha value is -1.59. The molecule has 1 aromatic carbocycles. The predicted octanol–water partition coefficient (Wildman–Crippen LogP) is 1.87. The van der Waals surface area contributed by atoms with E-state index in [2.05, 4.69) is 5.32 Å². The van der Waals surface area contributed by atoms with Gasteiger partial charge in [-0.3, -0.25) is 9.59 Å². The average molecular weight is 286 g/mol. The maximum atomic E-state index is 11.9. The number of aliphatic carboxylic acids is 1. The summed E-state index contributed by atoms with van der Waals surface area (Å²) in [6.45, 7) is 1.92. The number of carboxylic acid groups (broad SMARTS) is 1. The van der Waals surface area contributed by atoms with Crippen LogP contribution in [-0.4, -0.2) is 36.7 Å². The van der Waals surface area contributed by atoms with Crippen LogP contribution < -0.4 is 5.32 Å². The SMILES string of the molecule is COC(CNC(=O)c1cccc(C)c1Cl)CC(=O)O. The van der Waals surface area contributed by atoms with Crippen LogP contribution in [-0.2, 0) is 9.53 Å². The Bertz CT molecular complexity index is 476. The molecule has 1 aromatic rings. The first-order valence-corrected chi connectivity index (χ1v) is 6.11. The Morgan fingerprint density at radius 2 is 2.16 bits per heavy atom. The number of carbonyl (C=O) groups excluding carboxylic acids is 1. The molecule has 0 fully saturated rings. The molecule has 1 amide bonds. The molecular weight excluding hydrogens is 270 g/mol. The molecule has 0 saturated heterocycles. The zero-order chi connectivity index (χ0) is 14.4. The standard InChI is InChI=1S/C13H16ClNO4/c1-8-4-3-5-10(12(8)14)13(18)15-7-9(19-2)6-11(16)17/h3-5,9H,6-7H2,1-2H3,(H,15,18)(H,16,17). The van der Waals surface area contributed by atoms with Crippen LogP contribution in [0.5, 0.6) is 0 Å². The summed E-state index contributed by atoms with van der Waals surface area (Å²) in [5, 5.41) is 11.7. The van der Waals surface area contributed by atoms with Crippen LogP contribution in [0, 0.1) is 6.92 Å². The van der Waals surface area contributed by atoms with Crippen LogP contribution in [0.15, 0.2) is 18.2 Å². The van der Waals surface area contributed by atoms with Crippen molar-refractivity contribution in [3.8, 4) is 0 Å². The molecule has 0 radical (unpaired) electrons. The third kappa shape index (κ3) is 4.54. The molecule has 5 nitrogen and oxygen atoms in total. The van der Waals surface area contributed by atoms with Gasteiger partial charge in [0, 0.05) is 13.7 Å². The minimum Gasteiger partial charge on any atom is -0.481 e. The Morgan fingerprint density at radius 1 is 1.47 bits per heavy atom. The third-order valence-electron chi connectivity index (χ3n) is 2.66. The molecule has 0 saturated carbocycles. The highest BCUT2D eigenvalue weighted by Crippen LogP contribution is 2.19. The van der Waals surface area contributed by atoms with E-state index in [1.54, 1.807) is 12.1 Å². The molecule has 0 aliphatic rings. The first-order chi connectivity index (χ1) is 8.95. The van der Waals surface area contributed by atoms with E-state index >= 15 is 0 Å². The van der Waals surface area contributed by atoms with Gasteiger partial charge in [0.1, 0.15) is 0 Å². The zero-order valence-corrected chi connectivity index (χ0v) is 11.5. The first-order valence-electron chi connectivity index (χ1n) is 5.73. The van der Waals surface area contributed by atoms with Crippen molar-refractivity contribution in [1.82, 2.24) is 5.32 Å². The van der Waals surface area contributed by atoms with Crippen molar-refractivity contribution in [1.29, 1.82) is 0 Å². The maximum Gasteiger partial charge on any atom is 0.306 e. The third-order valence-corrected chi connectivity index (χ3v) is 3.16. The number of aryl methyl sites for hydroxylation is 1. The van der Waals surface area contributed by atoms with Crippen molar-refractivity contribution in [2.75, 3.05) is 13.7 Å². The topological polar surface area (TPSA) is 75.6 Å². The van der Waals surface area contributed by atoms with Gasteiger partial charge in [0.25, 0.3) is 5.91 Å². The number of nitrogens with one attached hydrogen (secondary N) is 1. The number of halogens is 1. The summed E-state index contributed by atoms with van der Waals surface area (Å²) in [5.74, 6) is -1.32. The fourth-order valence-electron chi connectivity index (χ4n) is 1.56. The van der Waals surface area contributed by atoms with Crippen molar-refractivity contribution in [3.63, 3.8) is 0 Å². The van der Waals surface area contributed by atoms with E-state index < -0.39 is 12.1 Å². The number of methoxy groups -OCH3 is 1. The molecule has 0 heterocycles. The van der Waals surface area contributed by atoms with Crippen LogP contribution in [0.3, 0.4) is 0 Å². The number of rotatable bonds is 6. The molecule has 104 valence electrons. The smallest absolute Gasteiger partial charge is 0.306 e. The highest BCUT2D eigenvalue weighted by Gasteiger charge is 2.16. The number of hydrogen-bond acceptors (Lipinski definition) is 3. The van der Waals surface area contributed by atoms with Crippen LogP contribution in [0.25, 0.3) is 0 Å². The molecule has 0 aromatic heterocycles. The van der Waals surface area contributed by atoms with Crippen LogP contribution in [0.2, 0.25) is 5.02 Å². The molecule has 1 unspecified atom stereocenters. The van der Waals surface area contributed by atoms with E-state index in [0.717, 1.165) is 5.56 Å². The summed E-state index contributed by atoms with van der Waals surface area (Å²) in [6, 6.07) is 5.16. The van der Waals surface area contributed by atoms with Crippen LogP contribution >= 0.6 is 11.6 Å². The molecule has 1 rings (SSSR count). The van der Waals surface area contributed by atoms with E-state index in [1.807, 2.05) is 13.0 Å². The normalized spacial score (nSPS) is 11.9. The Kier molecular flexibility index (Phi) is 5.79. The minimum atomic E-state index is -0.977. The fraction of sp³-hybridized carbons (Fsp3) is 0.385. The lowest BCUT2D eigenvalue weighted by molar-refractivity contribution is -0.139. The molecule has 6 heteroatoms. The number of carbonyl (C=O) groups is 2. The van der Waals surface area contributed by atoms with Crippen LogP contribution in [0.1, 0.15) is 22.3 Å². The van der Waals surface area contributed by atoms with Gasteiger partial charge in [0.2, 0.25) is 0 Å². The Morgan fingerprint density at radius 3 is 2.74 bits per heavy atom. The Balaban J connectivity index is 2.64. The summed E-state index contributed by atoms with van der Waals surface area (Å²) in [6.07, 6.45) is -0.733. The van der Waals surface area contributed by atoms with E-state index in [0.29, 0.717) is 10.6 Å². The van der Waals surface area contributed by atoms with Crippen molar-refractivity contribution < 1.29 is 19.4 Å². The number of ether oxygens (including phenoxy) is 1. The van der Waals surface area contributed by atoms with Gasteiger partial charge in [-0.2, -0.15) is 0 Å². The zero-order valence-electron chi connectivity index (χ0n) is 10.8. The van der Waals surface area contributed by atoms with Gasteiger partial charge < -0.3 is 15.2 Å². The molecule has 0 bridgehead atoms. The molecule has 0 spiro atoms. The van der Waals surface area contributed by atoms with Crippen molar-refractivity contribution in [2.45, 2.75) is 19.4 Å². The lowest BCUT2D eigenvalue weighted by Crippen LogP contribution is -2.34. The summed E-state index contributed by atoms with van der Waals surface area (Å²) < 4.78 is 4.97. The molecular formula is C13H16ClNO4. The summed E-state index contributed by atoms with van der Waals surface area (Å²) in [7, 11) is 1.40. The largest absolute Gasteiger partial charge is 0.481 e. The lowest BCUT2D eigenvalue weighted by Gasteiger charge is -2.14. The Labute approximate surface area is 116 Å². The summed E-state index contributed by atoms with van der Waals surface area (Å²) in [5.41, 5.74) is 1.18. The second-order valence-electron chi connectivity index (χ2n) is 4.10. The molecule has 19 heavy (non-hydrogen) atoms. The number of benzene rings is 1. The van der Waals surface area contributed by atoms with Gasteiger partial charge >= 0.3 is 5.97 Å². The quantitative estimate of drug-likeness (QED) is 0.836. The second kappa shape index (κ2) is 7.11. The van der Waals surface area contributed by atoms with Gasteiger partial charge in [-0.1, -0.05) is 23.7 Å². The monoisotopic (exact) mass is 285 g/mol. The molecule has 2 N–H and O–H groups in total. The number of hydrogen-bond donors (Lipinski definition) is 2. The maximum absolute atomic E-state index is 11.9. The second-order valence-corrected chi connectivity index (χ2v) is 4.48. The van der Waals surface area contributed by atoms with Gasteiger partial charge in [-0.15, -0.1) is 0 Å². The average Bonchev–Trinajstić information content (AvgIpc) is 2.37. The van der Waals surface area contributed by atoms with Gasteiger partial charge in [-0.25, -0.2) is 0 Å². The first kappa shape index (κ1) is 15.5. The number of amides is 1. The molecule has 0 aliphatic carbocycles. The lowest BCUT2D eigenvalue weighted by atomic mass is 10.1. The van der Waals surface area contributed by atoms with Gasteiger partial charge in [0.15, 0.2) is 0 Å². The van der Waals surface area contributed by atoms with Crippen molar-refractivity contribution in [2.24, 2.45) is 0 Å². The van der Waals surface area contributed by atoms with Crippen LogP contribution in [0.4, 0.5) is 0 Å². The number of carboxylic acids is 1. The van der Waals surface area contributed by atoms with E-state index in [4.69, 9.17) is 21.4 Å². The fourth-order valence-corrected chi connectivity index (χ4v) is 1.77. The highest BCUT2D eigenvalue weighted by molar-refractivity contribution is 6.34. The molecule has 0 aliphatic heterocycles. The van der Waals surface area contributed by atoms with E-state index in [9.17, 15) is 9.59 Å².